The molecule has 0 aliphatic carbocycles. The van der Waals surface area contributed by atoms with E-state index >= 15 is 0 Å². The van der Waals surface area contributed by atoms with E-state index in [4.69, 9.17) is 9.26 Å². The standard InChI is InChI=1S/C15H19N3O2/c1-2-19-13-6-4-3-5-12(13)15-17-14(20-18-15)9-11-7-8-16-10-11/h3-6,11,16H,2,7-10H2,1H3. The average Bonchev–Trinajstić information content (AvgIpc) is 3.12. The molecule has 1 aliphatic heterocycles. The molecule has 1 fully saturated rings. The molecule has 0 spiro atoms. The molecule has 2 aromatic rings. The molecule has 5 nitrogen and oxygen atoms in total. The second-order valence-corrected chi connectivity index (χ2v) is 5.00. The van der Waals surface area contributed by atoms with Crippen molar-refractivity contribution in [3.8, 4) is 17.1 Å². The van der Waals surface area contributed by atoms with Crippen molar-refractivity contribution in [1.82, 2.24) is 15.5 Å². The lowest BCUT2D eigenvalue weighted by Crippen LogP contribution is -2.10. The van der Waals surface area contributed by atoms with Gasteiger partial charge in [-0.3, -0.25) is 0 Å². The second kappa shape index (κ2) is 6.05. The normalized spacial score (nSPS) is 18.4. The molecule has 0 saturated carbocycles. The van der Waals surface area contributed by atoms with Gasteiger partial charge < -0.3 is 14.6 Å². The van der Waals surface area contributed by atoms with Crippen molar-refractivity contribution >= 4 is 0 Å². The van der Waals surface area contributed by atoms with Crippen molar-refractivity contribution < 1.29 is 9.26 Å². The summed E-state index contributed by atoms with van der Waals surface area (Å²) >= 11 is 0. The van der Waals surface area contributed by atoms with Crippen LogP contribution in [0.25, 0.3) is 11.4 Å². The highest BCUT2D eigenvalue weighted by atomic mass is 16.5. The molecule has 1 aliphatic rings. The summed E-state index contributed by atoms with van der Waals surface area (Å²) in [7, 11) is 0. The highest BCUT2D eigenvalue weighted by molar-refractivity contribution is 5.63. The molecule has 20 heavy (non-hydrogen) atoms. The molecule has 1 saturated heterocycles. The van der Waals surface area contributed by atoms with Crippen LogP contribution in [0.15, 0.2) is 28.8 Å². The molecular weight excluding hydrogens is 254 g/mol. The van der Waals surface area contributed by atoms with Crippen LogP contribution in [-0.2, 0) is 6.42 Å². The van der Waals surface area contributed by atoms with Gasteiger partial charge in [0.2, 0.25) is 11.7 Å². The first-order valence-corrected chi connectivity index (χ1v) is 7.12. The third kappa shape index (κ3) is 2.82. The van der Waals surface area contributed by atoms with Crippen molar-refractivity contribution in [1.29, 1.82) is 0 Å². The summed E-state index contributed by atoms with van der Waals surface area (Å²) in [6.45, 7) is 4.70. The number of nitrogens with one attached hydrogen (secondary N) is 1. The molecule has 0 bridgehead atoms. The smallest absolute Gasteiger partial charge is 0.227 e. The predicted octanol–water partition coefficient (Wildman–Crippen LogP) is 2.29. The summed E-state index contributed by atoms with van der Waals surface area (Å²) in [5.74, 6) is 2.71. The van der Waals surface area contributed by atoms with Gasteiger partial charge in [-0.25, -0.2) is 0 Å². The third-order valence-electron chi connectivity index (χ3n) is 3.52. The summed E-state index contributed by atoms with van der Waals surface area (Å²) in [6.07, 6.45) is 2.02. The van der Waals surface area contributed by atoms with Gasteiger partial charge in [-0.2, -0.15) is 4.98 Å². The number of hydrogen-bond donors (Lipinski definition) is 1. The van der Waals surface area contributed by atoms with E-state index in [0.717, 1.165) is 30.8 Å². The van der Waals surface area contributed by atoms with E-state index < -0.39 is 0 Å². The van der Waals surface area contributed by atoms with Crippen LogP contribution in [0.3, 0.4) is 0 Å². The first-order valence-electron chi connectivity index (χ1n) is 7.12. The molecule has 3 rings (SSSR count). The maximum absolute atomic E-state index is 5.60. The van der Waals surface area contributed by atoms with Crippen LogP contribution in [0.2, 0.25) is 0 Å². The highest BCUT2D eigenvalue weighted by Crippen LogP contribution is 2.28. The predicted molar refractivity (Wildman–Crippen MR) is 75.6 cm³/mol. The number of rotatable bonds is 5. The Morgan fingerprint density at radius 2 is 2.30 bits per heavy atom. The Bertz CT molecular complexity index is 562. The molecule has 0 radical (unpaired) electrons. The molecule has 1 unspecified atom stereocenters. The monoisotopic (exact) mass is 273 g/mol. The third-order valence-corrected chi connectivity index (χ3v) is 3.52. The van der Waals surface area contributed by atoms with Gasteiger partial charge in [-0.15, -0.1) is 0 Å². The Balaban J connectivity index is 1.78. The zero-order valence-corrected chi connectivity index (χ0v) is 11.6. The number of aromatic nitrogens is 2. The van der Waals surface area contributed by atoms with Crippen LogP contribution in [0.5, 0.6) is 5.75 Å². The minimum Gasteiger partial charge on any atom is -0.493 e. The van der Waals surface area contributed by atoms with Crippen molar-refractivity contribution in [2.75, 3.05) is 19.7 Å². The molecule has 0 amide bonds. The van der Waals surface area contributed by atoms with E-state index in [0.29, 0.717) is 24.2 Å². The van der Waals surface area contributed by atoms with Gasteiger partial charge in [0.1, 0.15) is 5.75 Å². The number of hydrogen-bond acceptors (Lipinski definition) is 5. The second-order valence-electron chi connectivity index (χ2n) is 5.00. The van der Waals surface area contributed by atoms with E-state index in [1.54, 1.807) is 0 Å². The lowest BCUT2D eigenvalue weighted by molar-refractivity contribution is 0.340. The zero-order chi connectivity index (χ0) is 13.8. The van der Waals surface area contributed by atoms with Crippen molar-refractivity contribution in [3.05, 3.63) is 30.2 Å². The number of benzene rings is 1. The summed E-state index contributed by atoms with van der Waals surface area (Å²) in [6, 6.07) is 7.78. The Morgan fingerprint density at radius 3 is 3.10 bits per heavy atom. The number of nitrogens with zero attached hydrogens (tertiary/aromatic N) is 2. The van der Waals surface area contributed by atoms with Crippen molar-refractivity contribution in [3.63, 3.8) is 0 Å². The number of ether oxygens (including phenoxy) is 1. The van der Waals surface area contributed by atoms with Crippen LogP contribution in [0.4, 0.5) is 0 Å². The molecule has 5 heteroatoms. The van der Waals surface area contributed by atoms with E-state index in [1.807, 2.05) is 31.2 Å². The lowest BCUT2D eigenvalue weighted by atomic mass is 10.1. The summed E-state index contributed by atoms with van der Waals surface area (Å²) in [4.78, 5) is 4.50. The molecule has 1 atom stereocenters. The average molecular weight is 273 g/mol. The fraction of sp³-hybridized carbons (Fsp3) is 0.467. The van der Waals surface area contributed by atoms with Gasteiger partial charge in [0.05, 0.1) is 12.2 Å². The molecular formula is C15H19N3O2. The number of para-hydroxylation sites is 1. The van der Waals surface area contributed by atoms with Gasteiger partial charge in [0, 0.05) is 6.42 Å². The Labute approximate surface area is 118 Å². The summed E-state index contributed by atoms with van der Waals surface area (Å²) in [5.41, 5.74) is 0.883. The Hall–Kier alpha value is -1.88. The molecule has 106 valence electrons. The van der Waals surface area contributed by atoms with Gasteiger partial charge in [0.15, 0.2) is 0 Å². The van der Waals surface area contributed by atoms with Crippen LogP contribution >= 0.6 is 0 Å². The fourth-order valence-corrected chi connectivity index (χ4v) is 2.52. The quantitative estimate of drug-likeness (QED) is 0.905. The summed E-state index contributed by atoms with van der Waals surface area (Å²) in [5, 5.41) is 7.43. The topological polar surface area (TPSA) is 60.2 Å². The van der Waals surface area contributed by atoms with Gasteiger partial charge in [0.25, 0.3) is 0 Å². The van der Waals surface area contributed by atoms with Gasteiger partial charge >= 0.3 is 0 Å². The van der Waals surface area contributed by atoms with E-state index in [2.05, 4.69) is 15.5 Å². The van der Waals surface area contributed by atoms with E-state index in [1.165, 1.54) is 6.42 Å². The molecule has 1 N–H and O–H groups in total. The van der Waals surface area contributed by atoms with Crippen LogP contribution in [-0.4, -0.2) is 29.8 Å². The van der Waals surface area contributed by atoms with Crippen molar-refractivity contribution in [2.24, 2.45) is 5.92 Å². The van der Waals surface area contributed by atoms with E-state index in [-0.39, 0.29) is 0 Å². The fourth-order valence-electron chi connectivity index (χ4n) is 2.52. The molecule has 1 aromatic heterocycles. The first kappa shape index (κ1) is 13.1. The van der Waals surface area contributed by atoms with Gasteiger partial charge in [-0.05, 0) is 44.5 Å². The minimum atomic E-state index is 0.602. The highest BCUT2D eigenvalue weighted by Gasteiger charge is 2.19. The first-order chi connectivity index (χ1) is 9.86. The van der Waals surface area contributed by atoms with E-state index in [9.17, 15) is 0 Å². The van der Waals surface area contributed by atoms with Gasteiger partial charge in [-0.1, -0.05) is 17.3 Å². The zero-order valence-electron chi connectivity index (χ0n) is 11.6. The SMILES string of the molecule is CCOc1ccccc1-c1noc(CC2CCNC2)n1. The molecule has 2 heterocycles. The maximum atomic E-state index is 5.60. The maximum Gasteiger partial charge on any atom is 0.227 e. The van der Waals surface area contributed by atoms with Crippen molar-refractivity contribution in [2.45, 2.75) is 19.8 Å². The Kier molecular flexibility index (Phi) is 3.97. The Morgan fingerprint density at radius 1 is 1.40 bits per heavy atom. The largest absolute Gasteiger partial charge is 0.493 e. The molecule has 1 aromatic carbocycles. The lowest BCUT2D eigenvalue weighted by Gasteiger charge is -2.06. The minimum absolute atomic E-state index is 0.602. The van der Waals surface area contributed by atoms with Crippen LogP contribution in [0.1, 0.15) is 19.2 Å². The van der Waals surface area contributed by atoms with Crippen LogP contribution in [0, 0.1) is 5.92 Å². The van der Waals surface area contributed by atoms with Crippen LogP contribution < -0.4 is 10.1 Å². The summed E-state index contributed by atoms with van der Waals surface area (Å²) < 4.78 is 11.0.